The van der Waals surface area contributed by atoms with Gasteiger partial charge in [0.05, 0.1) is 6.54 Å². The molecule has 0 saturated carbocycles. The fraction of sp³-hybridized carbons (Fsp3) is 0.238. The molecule has 1 aliphatic rings. The monoisotopic (exact) mass is 375 g/mol. The summed E-state index contributed by atoms with van der Waals surface area (Å²) in [7, 11) is 1.71. The SMILES string of the molecule is CN1C(=O)C(C(=O)Nc2ncn(Cc3ccccc3)n2)CCc2ccccc21. The maximum Gasteiger partial charge on any atom is 0.248 e. The second kappa shape index (κ2) is 7.64. The highest BCUT2D eigenvalue weighted by atomic mass is 16.2. The third-order valence-electron chi connectivity index (χ3n) is 4.96. The van der Waals surface area contributed by atoms with E-state index in [0.29, 0.717) is 19.4 Å². The van der Waals surface area contributed by atoms with E-state index in [4.69, 9.17) is 0 Å². The van der Waals surface area contributed by atoms with Crippen LogP contribution in [0.15, 0.2) is 60.9 Å². The molecule has 1 aromatic heterocycles. The smallest absolute Gasteiger partial charge is 0.248 e. The summed E-state index contributed by atoms with van der Waals surface area (Å²) < 4.78 is 1.65. The molecule has 7 heteroatoms. The van der Waals surface area contributed by atoms with E-state index in [1.807, 2.05) is 54.6 Å². The minimum atomic E-state index is -0.765. The number of nitrogens with one attached hydrogen (secondary N) is 1. The molecule has 28 heavy (non-hydrogen) atoms. The second-order valence-corrected chi connectivity index (χ2v) is 6.86. The molecule has 3 aromatic rings. The summed E-state index contributed by atoms with van der Waals surface area (Å²) in [6, 6.07) is 17.6. The molecule has 1 aliphatic heterocycles. The van der Waals surface area contributed by atoms with Gasteiger partial charge in [0, 0.05) is 12.7 Å². The van der Waals surface area contributed by atoms with E-state index in [1.54, 1.807) is 23.0 Å². The van der Waals surface area contributed by atoms with Crippen LogP contribution in [-0.2, 0) is 22.6 Å². The molecule has 1 atom stereocenters. The van der Waals surface area contributed by atoms with E-state index in [1.165, 1.54) is 0 Å². The van der Waals surface area contributed by atoms with Gasteiger partial charge in [0.1, 0.15) is 12.2 Å². The lowest BCUT2D eigenvalue weighted by Gasteiger charge is -2.20. The van der Waals surface area contributed by atoms with Crippen LogP contribution in [0.4, 0.5) is 11.6 Å². The molecular weight excluding hydrogens is 354 g/mol. The van der Waals surface area contributed by atoms with Crippen molar-refractivity contribution in [2.75, 3.05) is 17.3 Å². The van der Waals surface area contributed by atoms with E-state index < -0.39 is 5.92 Å². The number of amides is 2. The van der Waals surface area contributed by atoms with Gasteiger partial charge in [-0.15, -0.1) is 5.10 Å². The minimum Gasteiger partial charge on any atom is -0.315 e. The Morgan fingerprint density at radius 1 is 1.14 bits per heavy atom. The summed E-state index contributed by atoms with van der Waals surface area (Å²) in [5, 5.41) is 6.99. The first-order valence-electron chi connectivity index (χ1n) is 9.21. The van der Waals surface area contributed by atoms with Gasteiger partial charge in [-0.05, 0) is 30.0 Å². The lowest BCUT2D eigenvalue weighted by atomic mass is 10.00. The molecular formula is C21H21N5O2. The number of hydrogen-bond donors (Lipinski definition) is 1. The van der Waals surface area contributed by atoms with Crippen LogP contribution >= 0.6 is 0 Å². The highest BCUT2D eigenvalue weighted by Gasteiger charge is 2.33. The molecule has 2 amide bonds. The fourth-order valence-electron chi connectivity index (χ4n) is 3.46. The van der Waals surface area contributed by atoms with Crippen LogP contribution < -0.4 is 10.2 Å². The van der Waals surface area contributed by atoms with Crippen LogP contribution in [0.25, 0.3) is 0 Å². The van der Waals surface area contributed by atoms with Crippen molar-refractivity contribution in [3.8, 4) is 0 Å². The first kappa shape index (κ1) is 17.9. The van der Waals surface area contributed by atoms with Gasteiger partial charge in [0.25, 0.3) is 0 Å². The Kier molecular flexibility index (Phi) is 4.89. The zero-order valence-electron chi connectivity index (χ0n) is 15.6. The molecule has 0 saturated heterocycles. The number of carbonyl (C=O) groups excluding carboxylic acids is 2. The number of para-hydroxylation sites is 1. The number of nitrogens with zero attached hydrogens (tertiary/aromatic N) is 4. The number of aryl methyl sites for hydroxylation is 1. The molecule has 0 spiro atoms. The summed E-state index contributed by atoms with van der Waals surface area (Å²) in [6.07, 6.45) is 2.69. The normalized spacial score (nSPS) is 16.4. The number of fused-ring (bicyclic) bond motifs is 1. The average Bonchev–Trinajstić information content (AvgIpc) is 3.10. The van der Waals surface area contributed by atoms with E-state index in [9.17, 15) is 9.59 Å². The number of aromatic nitrogens is 3. The maximum absolute atomic E-state index is 12.8. The molecule has 7 nitrogen and oxygen atoms in total. The van der Waals surface area contributed by atoms with Gasteiger partial charge in [-0.1, -0.05) is 48.5 Å². The zero-order chi connectivity index (χ0) is 19.5. The lowest BCUT2D eigenvalue weighted by Crippen LogP contribution is -2.38. The quantitative estimate of drug-likeness (QED) is 0.711. The molecule has 0 fully saturated rings. The van der Waals surface area contributed by atoms with E-state index in [-0.39, 0.29) is 17.8 Å². The summed E-state index contributed by atoms with van der Waals surface area (Å²) in [5.41, 5.74) is 3.01. The molecule has 0 bridgehead atoms. The molecule has 1 unspecified atom stereocenters. The number of anilines is 2. The van der Waals surface area contributed by atoms with Gasteiger partial charge >= 0.3 is 0 Å². The summed E-state index contributed by atoms with van der Waals surface area (Å²) in [5.74, 6) is -1.15. The van der Waals surface area contributed by atoms with Crippen molar-refractivity contribution in [2.24, 2.45) is 5.92 Å². The van der Waals surface area contributed by atoms with Gasteiger partial charge in [0.15, 0.2) is 0 Å². The summed E-state index contributed by atoms with van der Waals surface area (Å²) >= 11 is 0. The predicted octanol–water partition coefficient (Wildman–Crippen LogP) is 2.49. The highest BCUT2D eigenvalue weighted by molar-refractivity contribution is 6.11. The topological polar surface area (TPSA) is 80.1 Å². The van der Waals surface area contributed by atoms with Gasteiger partial charge in [0.2, 0.25) is 17.8 Å². The summed E-state index contributed by atoms with van der Waals surface area (Å²) in [6.45, 7) is 0.560. The van der Waals surface area contributed by atoms with Crippen molar-refractivity contribution in [1.29, 1.82) is 0 Å². The largest absolute Gasteiger partial charge is 0.315 e. The molecule has 2 heterocycles. The average molecular weight is 375 g/mol. The van der Waals surface area contributed by atoms with Gasteiger partial charge in [-0.3, -0.25) is 14.9 Å². The Labute approximate surface area is 163 Å². The number of carbonyl (C=O) groups is 2. The van der Waals surface area contributed by atoms with Crippen LogP contribution in [0.5, 0.6) is 0 Å². The Morgan fingerprint density at radius 3 is 2.71 bits per heavy atom. The summed E-state index contributed by atoms with van der Waals surface area (Å²) in [4.78, 5) is 31.3. The van der Waals surface area contributed by atoms with Crippen molar-refractivity contribution in [1.82, 2.24) is 14.8 Å². The Balaban J connectivity index is 1.45. The van der Waals surface area contributed by atoms with Crippen molar-refractivity contribution >= 4 is 23.5 Å². The van der Waals surface area contributed by atoms with E-state index in [2.05, 4.69) is 15.4 Å². The number of hydrogen-bond acceptors (Lipinski definition) is 4. The van der Waals surface area contributed by atoms with Crippen molar-refractivity contribution in [2.45, 2.75) is 19.4 Å². The van der Waals surface area contributed by atoms with Gasteiger partial charge in [-0.2, -0.15) is 0 Å². The standard InChI is InChI=1S/C21H21N5O2/c1-25-18-10-6-5-9-16(18)11-12-17(20(25)28)19(27)23-21-22-14-26(24-21)13-15-7-3-2-4-8-15/h2-10,14,17H,11-13H2,1H3,(H,23,24,27). The van der Waals surface area contributed by atoms with Crippen LogP contribution in [0.1, 0.15) is 17.5 Å². The number of benzene rings is 2. The number of rotatable bonds is 4. The Morgan fingerprint density at radius 2 is 1.89 bits per heavy atom. The Hall–Kier alpha value is -3.48. The third kappa shape index (κ3) is 3.64. The van der Waals surface area contributed by atoms with E-state index in [0.717, 1.165) is 16.8 Å². The first-order valence-corrected chi connectivity index (χ1v) is 9.21. The van der Waals surface area contributed by atoms with Gasteiger partial charge in [-0.25, -0.2) is 9.67 Å². The van der Waals surface area contributed by atoms with Crippen LogP contribution in [-0.4, -0.2) is 33.6 Å². The molecule has 0 aliphatic carbocycles. The van der Waals surface area contributed by atoms with Crippen LogP contribution in [0, 0.1) is 5.92 Å². The first-order chi connectivity index (χ1) is 13.6. The predicted molar refractivity (Wildman–Crippen MR) is 106 cm³/mol. The van der Waals surface area contributed by atoms with Crippen LogP contribution in [0.3, 0.4) is 0 Å². The van der Waals surface area contributed by atoms with Crippen molar-refractivity contribution in [3.05, 3.63) is 72.1 Å². The van der Waals surface area contributed by atoms with Crippen molar-refractivity contribution < 1.29 is 9.59 Å². The highest BCUT2D eigenvalue weighted by Crippen LogP contribution is 2.28. The molecule has 1 N–H and O–H groups in total. The van der Waals surface area contributed by atoms with Crippen molar-refractivity contribution in [3.63, 3.8) is 0 Å². The zero-order valence-corrected chi connectivity index (χ0v) is 15.6. The molecule has 142 valence electrons. The lowest BCUT2D eigenvalue weighted by molar-refractivity contribution is -0.130. The fourth-order valence-corrected chi connectivity index (χ4v) is 3.46. The molecule has 4 rings (SSSR count). The maximum atomic E-state index is 12.8. The minimum absolute atomic E-state index is 0.207. The molecule has 2 aromatic carbocycles. The van der Waals surface area contributed by atoms with E-state index >= 15 is 0 Å². The third-order valence-corrected chi connectivity index (χ3v) is 4.96. The molecule has 0 radical (unpaired) electrons. The Bertz CT molecular complexity index is 999. The van der Waals surface area contributed by atoms with Crippen LogP contribution in [0.2, 0.25) is 0 Å². The second-order valence-electron chi connectivity index (χ2n) is 6.86. The van der Waals surface area contributed by atoms with Gasteiger partial charge < -0.3 is 4.90 Å².